The maximum Gasteiger partial charge on any atom is 0.347 e. The first-order valence-electron chi connectivity index (χ1n) is 3.67. The zero-order valence-electron chi connectivity index (χ0n) is 7.24. The van der Waals surface area contributed by atoms with Crippen LogP contribution in [0.5, 0.6) is 0 Å². The van der Waals surface area contributed by atoms with Gasteiger partial charge in [-0.25, -0.2) is 9.78 Å². The van der Waals surface area contributed by atoms with Gasteiger partial charge in [-0.3, -0.25) is 0 Å². The lowest BCUT2D eigenvalue weighted by atomic mass is 10.4. The fraction of sp³-hybridized carbons (Fsp3) is 0.286. The predicted octanol–water partition coefficient (Wildman–Crippen LogP) is 0.330. The minimum Gasteiger partial charge on any atom is -0.318 e. The SMILES string of the molecule is CSc1ncn(C)c2nc(=O)[nH]c1-2. The van der Waals surface area contributed by atoms with E-state index in [-0.39, 0.29) is 5.69 Å². The van der Waals surface area contributed by atoms with Crippen molar-refractivity contribution in [2.24, 2.45) is 7.05 Å². The van der Waals surface area contributed by atoms with E-state index in [0.29, 0.717) is 11.5 Å². The quantitative estimate of drug-likeness (QED) is 0.527. The van der Waals surface area contributed by atoms with Crippen molar-refractivity contribution in [1.29, 1.82) is 0 Å². The number of aryl methyl sites for hydroxylation is 1. The predicted molar refractivity (Wildman–Crippen MR) is 50.0 cm³/mol. The number of rotatable bonds is 1. The Morgan fingerprint density at radius 1 is 1.62 bits per heavy atom. The molecule has 6 heteroatoms. The van der Waals surface area contributed by atoms with Crippen LogP contribution in [0.25, 0.3) is 11.5 Å². The Kier molecular flexibility index (Phi) is 1.84. The van der Waals surface area contributed by atoms with Gasteiger partial charge < -0.3 is 9.55 Å². The molecule has 0 saturated heterocycles. The summed E-state index contributed by atoms with van der Waals surface area (Å²) < 4.78 is 1.72. The normalized spacial score (nSPS) is 10.9. The van der Waals surface area contributed by atoms with Crippen LogP contribution in [0.1, 0.15) is 0 Å². The Balaban J connectivity index is 2.81. The molecule has 0 aromatic carbocycles. The molecule has 0 aliphatic carbocycles. The van der Waals surface area contributed by atoms with Crippen LogP contribution < -0.4 is 5.69 Å². The first-order chi connectivity index (χ1) is 6.22. The maximum atomic E-state index is 11.0. The summed E-state index contributed by atoms with van der Waals surface area (Å²) in [6.45, 7) is 0. The van der Waals surface area contributed by atoms with Crippen LogP contribution in [0.3, 0.4) is 0 Å². The van der Waals surface area contributed by atoms with Crippen LogP contribution in [-0.2, 0) is 7.05 Å². The van der Waals surface area contributed by atoms with E-state index >= 15 is 0 Å². The third kappa shape index (κ3) is 1.23. The Morgan fingerprint density at radius 3 is 3.08 bits per heavy atom. The van der Waals surface area contributed by atoms with Gasteiger partial charge in [0.25, 0.3) is 0 Å². The molecule has 0 bridgehead atoms. The third-order valence-electron chi connectivity index (χ3n) is 1.75. The zero-order valence-corrected chi connectivity index (χ0v) is 8.05. The second-order valence-corrected chi connectivity index (χ2v) is 3.40. The van der Waals surface area contributed by atoms with Crippen LogP contribution in [0.15, 0.2) is 16.1 Å². The smallest absolute Gasteiger partial charge is 0.318 e. The molecule has 0 unspecified atom stereocenters. The van der Waals surface area contributed by atoms with E-state index < -0.39 is 0 Å². The molecule has 0 atom stereocenters. The van der Waals surface area contributed by atoms with Gasteiger partial charge in [0.15, 0.2) is 5.82 Å². The third-order valence-corrected chi connectivity index (χ3v) is 2.45. The summed E-state index contributed by atoms with van der Waals surface area (Å²) in [5, 5.41) is 0.794. The van der Waals surface area contributed by atoms with Crippen molar-refractivity contribution in [1.82, 2.24) is 19.5 Å². The van der Waals surface area contributed by atoms with Crippen LogP contribution in [0, 0.1) is 0 Å². The largest absolute Gasteiger partial charge is 0.347 e. The molecule has 13 heavy (non-hydrogen) atoms. The second-order valence-electron chi connectivity index (χ2n) is 2.61. The summed E-state index contributed by atoms with van der Waals surface area (Å²) in [4.78, 5) is 21.6. The molecule has 0 aromatic heterocycles. The van der Waals surface area contributed by atoms with Gasteiger partial charge in [-0.05, 0) is 6.26 Å². The Morgan fingerprint density at radius 2 is 2.38 bits per heavy atom. The standard InChI is InChI=1S/C7H8N4OS/c1-11-3-8-6(13-2)4-5(11)10-7(12)9-4/h3H,1-2H3,(H,9,12). The van der Waals surface area contributed by atoms with Gasteiger partial charge >= 0.3 is 5.69 Å². The first kappa shape index (κ1) is 8.31. The van der Waals surface area contributed by atoms with Crippen LogP contribution in [0.4, 0.5) is 0 Å². The summed E-state index contributed by atoms with van der Waals surface area (Å²) in [6, 6.07) is 0. The molecular formula is C7H8N4OS. The highest BCUT2D eigenvalue weighted by molar-refractivity contribution is 7.98. The van der Waals surface area contributed by atoms with Crippen LogP contribution in [0.2, 0.25) is 0 Å². The summed E-state index contributed by atoms with van der Waals surface area (Å²) in [7, 11) is 1.81. The number of nitrogens with zero attached hydrogens (tertiary/aromatic N) is 3. The molecule has 1 N–H and O–H groups in total. The Labute approximate surface area is 78.6 Å². The molecule has 0 spiro atoms. The minimum absolute atomic E-state index is 0.325. The molecule has 2 rings (SSSR count). The number of fused-ring (bicyclic) bond motifs is 1. The molecule has 0 radical (unpaired) electrons. The van der Waals surface area contributed by atoms with Crippen molar-refractivity contribution in [3.05, 3.63) is 16.8 Å². The molecule has 0 aromatic rings. The Hall–Kier alpha value is -1.30. The highest BCUT2D eigenvalue weighted by Gasteiger charge is 2.14. The number of nitrogens with one attached hydrogen (secondary N) is 1. The average molecular weight is 196 g/mol. The lowest BCUT2D eigenvalue weighted by molar-refractivity contribution is 0.823. The number of hydrogen-bond acceptors (Lipinski definition) is 4. The maximum absolute atomic E-state index is 11.0. The summed E-state index contributed by atoms with van der Waals surface area (Å²) in [6.07, 6.45) is 3.56. The van der Waals surface area contributed by atoms with E-state index in [1.54, 1.807) is 17.9 Å². The van der Waals surface area contributed by atoms with Crippen molar-refractivity contribution in [3.8, 4) is 11.5 Å². The lowest BCUT2D eigenvalue weighted by Crippen LogP contribution is -2.01. The molecule has 68 valence electrons. The van der Waals surface area contributed by atoms with Gasteiger partial charge in [0.2, 0.25) is 0 Å². The number of aromatic amines is 1. The Bertz CT molecular complexity index is 460. The van der Waals surface area contributed by atoms with E-state index in [9.17, 15) is 4.79 Å². The van der Waals surface area contributed by atoms with Gasteiger partial charge in [-0.2, -0.15) is 4.98 Å². The van der Waals surface area contributed by atoms with E-state index in [1.165, 1.54) is 11.8 Å². The molecule has 5 nitrogen and oxygen atoms in total. The van der Waals surface area contributed by atoms with Crippen molar-refractivity contribution >= 4 is 11.8 Å². The highest BCUT2D eigenvalue weighted by Crippen LogP contribution is 2.24. The minimum atomic E-state index is -0.325. The van der Waals surface area contributed by atoms with E-state index in [1.807, 2.05) is 6.26 Å². The monoisotopic (exact) mass is 196 g/mol. The van der Waals surface area contributed by atoms with Crippen LogP contribution in [-0.4, -0.2) is 25.8 Å². The van der Waals surface area contributed by atoms with Gasteiger partial charge in [0.05, 0.1) is 6.33 Å². The van der Waals surface area contributed by atoms with E-state index in [4.69, 9.17) is 0 Å². The van der Waals surface area contributed by atoms with Gasteiger partial charge in [0.1, 0.15) is 10.7 Å². The molecule has 2 heterocycles. The second kappa shape index (κ2) is 2.88. The van der Waals surface area contributed by atoms with Crippen LogP contribution >= 0.6 is 11.8 Å². The number of hydrogen-bond donors (Lipinski definition) is 1. The number of thioether (sulfide) groups is 1. The zero-order chi connectivity index (χ0) is 9.42. The van der Waals surface area contributed by atoms with E-state index in [2.05, 4.69) is 15.0 Å². The van der Waals surface area contributed by atoms with Crippen molar-refractivity contribution < 1.29 is 0 Å². The van der Waals surface area contributed by atoms with Gasteiger partial charge in [0, 0.05) is 7.05 Å². The van der Waals surface area contributed by atoms with Crippen molar-refractivity contribution in [2.45, 2.75) is 5.03 Å². The van der Waals surface area contributed by atoms with Gasteiger partial charge in [-0.1, -0.05) is 0 Å². The summed E-state index contributed by atoms with van der Waals surface area (Å²) in [5.74, 6) is 0.643. The molecule has 0 fully saturated rings. The fourth-order valence-corrected chi connectivity index (χ4v) is 1.66. The number of imidazole rings is 1. The molecule has 0 saturated carbocycles. The van der Waals surface area contributed by atoms with Crippen molar-refractivity contribution in [3.63, 3.8) is 0 Å². The molecule has 2 aliphatic rings. The molecular weight excluding hydrogens is 188 g/mol. The van der Waals surface area contributed by atoms with Crippen molar-refractivity contribution in [2.75, 3.05) is 6.26 Å². The topological polar surface area (TPSA) is 63.6 Å². The average Bonchev–Trinajstić information content (AvgIpc) is 2.48. The van der Waals surface area contributed by atoms with E-state index in [0.717, 1.165) is 5.03 Å². The summed E-state index contributed by atoms with van der Waals surface area (Å²) >= 11 is 1.49. The number of H-pyrrole nitrogens is 1. The molecule has 2 aliphatic heterocycles. The fourth-order valence-electron chi connectivity index (χ4n) is 1.16. The number of aromatic nitrogens is 4. The highest BCUT2D eigenvalue weighted by atomic mass is 32.2. The summed E-state index contributed by atoms with van der Waals surface area (Å²) in [5.41, 5.74) is 0.386. The van der Waals surface area contributed by atoms with Gasteiger partial charge in [-0.15, -0.1) is 11.8 Å². The molecule has 0 amide bonds. The first-order valence-corrected chi connectivity index (χ1v) is 4.90. The lowest BCUT2D eigenvalue weighted by Gasteiger charge is -2.06.